The third-order valence-electron chi connectivity index (χ3n) is 2.22. The first kappa shape index (κ1) is 11.8. The van der Waals surface area contributed by atoms with Crippen molar-refractivity contribution >= 4 is 12.4 Å². The molecule has 0 amide bonds. The minimum Gasteiger partial charge on any atom is -0.324 e. The lowest BCUT2D eigenvalue weighted by atomic mass is 10.1. The molecule has 4 heteroatoms. The van der Waals surface area contributed by atoms with Gasteiger partial charge in [-0.25, -0.2) is 4.98 Å². The van der Waals surface area contributed by atoms with Crippen molar-refractivity contribution in [3.8, 4) is 5.69 Å². The molecule has 15 heavy (non-hydrogen) atoms. The third kappa shape index (κ3) is 2.58. The quantitative estimate of drug-likeness (QED) is 0.849. The van der Waals surface area contributed by atoms with Gasteiger partial charge in [0, 0.05) is 24.1 Å². The molecule has 0 fully saturated rings. The Kier molecular flexibility index (Phi) is 3.88. The highest BCUT2D eigenvalue weighted by Gasteiger charge is 1.99. The third-order valence-corrected chi connectivity index (χ3v) is 2.22. The molecular formula is C11H14ClN3. The second kappa shape index (κ2) is 4.96. The van der Waals surface area contributed by atoms with Crippen molar-refractivity contribution in [2.24, 2.45) is 5.73 Å². The zero-order valence-corrected chi connectivity index (χ0v) is 9.32. The highest BCUT2D eigenvalue weighted by Crippen LogP contribution is 2.13. The van der Waals surface area contributed by atoms with Crippen molar-refractivity contribution in [2.75, 3.05) is 0 Å². The Bertz CT molecular complexity index is 392. The lowest BCUT2D eigenvalue weighted by molar-refractivity contribution is 0.817. The Balaban J connectivity index is 0.00000112. The van der Waals surface area contributed by atoms with Crippen LogP contribution in [0.4, 0.5) is 0 Å². The zero-order chi connectivity index (χ0) is 9.97. The highest BCUT2D eigenvalue weighted by molar-refractivity contribution is 5.85. The van der Waals surface area contributed by atoms with Gasteiger partial charge in [-0.3, -0.25) is 0 Å². The number of rotatable bonds is 2. The second-order valence-corrected chi connectivity index (χ2v) is 3.35. The normalized spacial score (nSPS) is 11.9. The van der Waals surface area contributed by atoms with Crippen LogP contribution < -0.4 is 5.73 Å². The molecule has 1 aromatic carbocycles. The SMILES string of the molecule is CC(N)c1ccc(-n2ccnc2)cc1.Cl. The number of aromatic nitrogens is 2. The molecule has 80 valence electrons. The fourth-order valence-corrected chi connectivity index (χ4v) is 1.36. The Labute approximate surface area is 95.4 Å². The number of hydrogen-bond donors (Lipinski definition) is 1. The van der Waals surface area contributed by atoms with Crippen LogP contribution in [0.3, 0.4) is 0 Å². The molecule has 0 radical (unpaired) electrons. The van der Waals surface area contributed by atoms with E-state index in [1.165, 1.54) is 0 Å². The maximum Gasteiger partial charge on any atom is 0.0991 e. The summed E-state index contributed by atoms with van der Waals surface area (Å²) < 4.78 is 1.96. The topological polar surface area (TPSA) is 43.8 Å². The zero-order valence-electron chi connectivity index (χ0n) is 8.50. The van der Waals surface area contributed by atoms with E-state index in [1.807, 2.05) is 42.0 Å². The van der Waals surface area contributed by atoms with Gasteiger partial charge in [-0.2, -0.15) is 0 Å². The molecule has 1 aromatic heterocycles. The van der Waals surface area contributed by atoms with E-state index < -0.39 is 0 Å². The van der Waals surface area contributed by atoms with Gasteiger partial charge in [0.1, 0.15) is 0 Å². The van der Waals surface area contributed by atoms with E-state index in [4.69, 9.17) is 5.73 Å². The fourth-order valence-electron chi connectivity index (χ4n) is 1.36. The molecule has 0 aliphatic rings. The van der Waals surface area contributed by atoms with Gasteiger partial charge in [-0.15, -0.1) is 12.4 Å². The van der Waals surface area contributed by atoms with Gasteiger partial charge in [0.05, 0.1) is 6.33 Å². The summed E-state index contributed by atoms with van der Waals surface area (Å²) in [5.74, 6) is 0. The standard InChI is InChI=1S/C11H13N3.ClH/c1-9(12)10-2-4-11(5-3-10)14-7-6-13-8-14;/h2-9H,12H2,1H3;1H. The van der Waals surface area contributed by atoms with Crippen LogP contribution in [0.5, 0.6) is 0 Å². The van der Waals surface area contributed by atoms with Gasteiger partial charge in [0.2, 0.25) is 0 Å². The van der Waals surface area contributed by atoms with Crippen molar-refractivity contribution < 1.29 is 0 Å². The molecule has 2 rings (SSSR count). The number of benzene rings is 1. The average molecular weight is 224 g/mol. The summed E-state index contributed by atoms with van der Waals surface area (Å²) in [5.41, 5.74) is 8.01. The number of nitrogens with zero attached hydrogens (tertiary/aromatic N) is 2. The first-order valence-electron chi connectivity index (χ1n) is 4.61. The first-order chi connectivity index (χ1) is 6.77. The fraction of sp³-hybridized carbons (Fsp3) is 0.182. The Morgan fingerprint density at radius 3 is 2.40 bits per heavy atom. The summed E-state index contributed by atoms with van der Waals surface area (Å²) in [5, 5.41) is 0. The molecular weight excluding hydrogens is 210 g/mol. The summed E-state index contributed by atoms with van der Waals surface area (Å²) >= 11 is 0. The minimum atomic E-state index is 0. The molecule has 1 heterocycles. The average Bonchev–Trinajstić information content (AvgIpc) is 2.71. The van der Waals surface area contributed by atoms with Crippen molar-refractivity contribution in [3.63, 3.8) is 0 Å². The van der Waals surface area contributed by atoms with Gasteiger partial charge in [0.15, 0.2) is 0 Å². The van der Waals surface area contributed by atoms with Crippen LogP contribution in [0.1, 0.15) is 18.5 Å². The molecule has 0 aliphatic heterocycles. The van der Waals surface area contributed by atoms with E-state index in [1.54, 1.807) is 12.5 Å². The van der Waals surface area contributed by atoms with E-state index >= 15 is 0 Å². The molecule has 0 saturated heterocycles. The number of halogens is 1. The van der Waals surface area contributed by atoms with Gasteiger partial charge in [-0.05, 0) is 24.6 Å². The molecule has 0 saturated carbocycles. The Morgan fingerprint density at radius 1 is 1.27 bits per heavy atom. The van der Waals surface area contributed by atoms with Crippen LogP contribution in [0, 0.1) is 0 Å². The maximum atomic E-state index is 5.76. The van der Waals surface area contributed by atoms with Crippen LogP contribution in [0.15, 0.2) is 43.0 Å². The van der Waals surface area contributed by atoms with E-state index in [9.17, 15) is 0 Å². The summed E-state index contributed by atoms with van der Waals surface area (Å²) in [6.45, 7) is 1.98. The molecule has 0 bridgehead atoms. The molecule has 1 atom stereocenters. The van der Waals surface area contributed by atoms with Gasteiger partial charge in [0.25, 0.3) is 0 Å². The van der Waals surface area contributed by atoms with Crippen LogP contribution in [-0.2, 0) is 0 Å². The molecule has 0 spiro atoms. The summed E-state index contributed by atoms with van der Waals surface area (Å²) in [6, 6.07) is 8.26. The predicted molar refractivity (Wildman–Crippen MR) is 63.4 cm³/mol. The predicted octanol–water partition coefficient (Wildman–Crippen LogP) is 2.31. The molecule has 1 unspecified atom stereocenters. The lowest BCUT2D eigenvalue weighted by Crippen LogP contribution is -2.04. The Morgan fingerprint density at radius 2 is 1.93 bits per heavy atom. The second-order valence-electron chi connectivity index (χ2n) is 3.35. The summed E-state index contributed by atoms with van der Waals surface area (Å²) in [4.78, 5) is 3.99. The largest absolute Gasteiger partial charge is 0.324 e. The number of nitrogens with two attached hydrogens (primary N) is 1. The first-order valence-corrected chi connectivity index (χ1v) is 4.61. The van der Waals surface area contributed by atoms with E-state index in [2.05, 4.69) is 4.98 Å². The van der Waals surface area contributed by atoms with E-state index in [0.717, 1.165) is 11.3 Å². The molecule has 2 aromatic rings. The Hall–Kier alpha value is -1.32. The van der Waals surface area contributed by atoms with E-state index in [-0.39, 0.29) is 18.4 Å². The molecule has 2 N–H and O–H groups in total. The monoisotopic (exact) mass is 223 g/mol. The van der Waals surface area contributed by atoms with Crippen molar-refractivity contribution in [2.45, 2.75) is 13.0 Å². The van der Waals surface area contributed by atoms with Gasteiger partial charge < -0.3 is 10.3 Å². The minimum absolute atomic E-state index is 0. The molecule has 3 nitrogen and oxygen atoms in total. The molecule has 0 aliphatic carbocycles. The lowest BCUT2D eigenvalue weighted by Gasteiger charge is -2.07. The van der Waals surface area contributed by atoms with Crippen LogP contribution in [0.25, 0.3) is 5.69 Å². The van der Waals surface area contributed by atoms with Crippen molar-refractivity contribution in [1.29, 1.82) is 0 Å². The van der Waals surface area contributed by atoms with Crippen LogP contribution >= 0.6 is 12.4 Å². The van der Waals surface area contributed by atoms with E-state index in [0.29, 0.717) is 0 Å². The number of hydrogen-bond acceptors (Lipinski definition) is 2. The summed E-state index contributed by atoms with van der Waals surface area (Å²) in [7, 11) is 0. The van der Waals surface area contributed by atoms with Gasteiger partial charge in [-0.1, -0.05) is 12.1 Å². The smallest absolute Gasteiger partial charge is 0.0991 e. The van der Waals surface area contributed by atoms with Crippen LogP contribution in [-0.4, -0.2) is 9.55 Å². The van der Waals surface area contributed by atoms with Crippen molar-refractivity contribution in [1.82, 2.24) is 9.55 Å². The van der Waals surface area contributed by atoms with Gasteiger partial charge >= 0.3 is 0 Å². The highest BCUT2D eigenvalue weighted by atomic mass is 35.5. The summed E-state index contributed by atoms with van der Waals surface area (Å²) in [6.07, 6.45) is 5.46. The number of imidazole rings is 1. The van der Waals surface area contributed by atoms with Crippen molar-refractivity contribution in [3.05, 3.63) is 48.5 Å². The van der Waals surface area contributed by atoms with Crippen LogP contribution in [0.2, 0.25) is 0 Å². The maximum absolute atomic E-state index is 5.76.